The normalized spacial score (nSPS) is 14.0. The maximum Gasteiger partial charge on any atom is 0.256 e. The van der Waals surface area contributed by atoms with Gasteiger partial charge in [0, 0.05) is 40.5 Å². The molecule has 4 rings (SSSR count). The molecule has 6 heteroatoms. The van der Waals surface area contributed by atoms with Crippen molar-refractivity contribution in [2.24, 2.45) is 0 Å². The van der Waals surface area contributed by atoms with E-state index < -0.39 is 0 Å². The van der Waals surface area contributed by atoms with Crippen LogP contribution in [0.25, 0.3) is 23.0 Å². The molecule has 30 heavy (non-hydrogen) atoms. The summed E-state index contributed by atoms with van der Waals surface area (Å²) < 4.78 is 5.96. The van der Waals surface area contributed by atoms with Gasteiger partial charge in [-0.2, -0.15) is 0 Å². The van der Waals surface area contributed by atoms with Gasteiger partial charge >= 0.3 is 0 Å². The smallest absolute Gasteiger partial charge is 0.256 e. The number of carbonyl (C=O) groups is 2. The first kappa shape index (κ1) is 20.0. The van der Waals surface area contributed by atoms with E-state index in [0.29, 0.717) is 40.8 Å². The molecular weight excluding hydrogens is 400 g/mol. The fraction of sp³-hybridized carbons (Fsp3) is 0.167. The lowest BCUT2D eigenvalue weighted by molar-refractivity contribution is -0.110. The maximum atomic E-state index is 12.6. The highest BCUT2D eigenvalue weighted by Gasteiger charge is 2.24. The standard InChI is InChI=1S/C24H21ClN2O3/c1-3-27(4-2)24(29)16-7-5-6-15(12-16)22-11-9-18(30-22)14-20-19-13-17(25)8-10-21(19)26-23(20)28/h5-14H,3-4H2,1-2H3,(H,26,28). The van der Waals surface area contributed by atoms with Crippen LogP contribution in [0, 0.1) is 0 Å². The highest BCUT2D eigenvalue weighted by molar-refractivity contribution is 6.36. The van der Waals surface area contributed by atoms with E-state index >= 15 is 0 Å². The highest BCUT2D eigenvalue weighted by atomic mass is 35.5. The SMILES string of the molecule is CCN(CC)C(=O)c1cccc(-c2ccc(C=C3C(=O)Nc4ccc(Cl)cc43)o2)c1. The molecule has 0 saturated carbocycles. The van der Waals surface area contributed by atoms with Gasteiger partial charge in [-0.15, -0.1) is 0 Å². The molecule has 3 aromatic rings. The zero-order chi connectivity index (χ0) is 21.3. The molecule has 2 amide bonds. The summed E-state index contributed by atoms with van der Waals surface area (Å²) in [4.78, 5) is 26.8. The van der Waals surface area contributed by atoms with Crippen LogP contribution in [-0.2, 0) is 4.79 Å². The first-order valence-electron chi connectivity index (χ1n) is 9.82. The molecule has 0 fully saturated rings. The van der Waals surface area contributed by atoms with Crippen molar-refractivity contribution in [3.8, 4) is 11.3 Å². The fourth-order valence-electron chi connectivity index (χ4n) is 3.53. The molecule has 0 saturated heterocycles. The number of carbonyl (C=O) groups excluding carboxylic acids is 2. The van der Waals surface area contributed by atoms with Gasteiger partial charge < -0.3 is 14.6 Å². The third-order valence-corrected chi connectivity index (χ3v) is 5.36. The van der Waals surface area contributed by atoms with Crippen LogP contribution < -0.4 is 5.32 Å². The van der Waals surface area contributed by atoms with Gasteiger partial charge in [-0.25, -0.2) is 0 Å². The van der Waals surface area contributed by atoms with E-state index in [-0.39, 0.29) is 11.8 Å². The average Bonchev–Trinajstić information content (AvgIpc) is 3.34. The third kappa shape index (κ3) is 3.76. The molecule has 1 aliphatic heterocycles. The third-order valence-electron chi connectivity index (χ3n) is 5.12. The molecule has 0 unspecified atom stereocenters. The number of anilines is 1. The van der Waals surface area contributed by atoms with Crippen LogP contribution in [0.2, 0.25) is 5.02 Å². The van der Waals surface area contributed by atoms with Gasteiger partial charge in [0.1, 0.15) is 11.5 Å². The van der Waals surface area contributed by atoms with Crippen LogP contribution in [-0.4, -0.2) is 29.8 Å². The van der Waals surface area contributed by atoms with Crippen LogP contribution >= 0.6 is 11.6 Å². The number of hydrogen-bond donors (Lipinski definition) is 1. The molecule has 5 nitrogen and oxygen atoms in total. The first-order chi connectivity index (χ1) is 14.5. The number of furan rings is 1. The van der Waals surface area contributed by atoms with E-state index in [1.165, 1.54) is 0 Å². The van der Waals surface area contributed by atoms with Crippen molar-refractivity contribution in [3.05, 3.63) is 76.5 Å². The molecule has 2 heterocycles. The summed E-state index contributed by atoms with van der Waals surface area (Å²) in [6.07, 6.45) is 1.70. The van der Waals surface area contributed by atoms with Gasteiger partial charge in [0.25, 0.3) is 11.8 Å². The Morgan fingerprint density at radius 2 is 1.90 bits per heavy atom. The predicted octanol–water partition coefficient (Wildman–Crippen LogP) is 5.57. The second-order valence-corrected chi connectivity index (χ2v) is 7.40. The Hall–Kier alpha value is -3.31. The number of rotatable bonds is 5. The molecule has 1 aromatic heterocycles. The lowest BCUT2D eigenvalue weighted by Gasteiger charge is -2.18. The van der Waals surface area contributed by atoms with Crippen molar-refractivity contribution in [3.63, 3.8) is 0 Å². The van der Waals surface area contributed by atoms with Gasteiger partial charge in [-0.1, -0.05) is 23.7 Å². The van der Waals surface area contributed by atoms with Crippen molar-refractivity contribution in [2.45, 2.75) is 13.8 Å². The van der Waals surface area contributed by atoms with Crippen LogP contribution in [0.5, 0.6) is 0 Å². The second-order valence-electron chi connectivity index (χ2n) is 6.96. The topological polar surface area (TPSA) is 62.6 Å². The lowest BCUT2D eigenvalue weighted by Crippen LogP contribution is -2.30. The van der Waals surface area contributed by atoms with Crippen molar-refractivity contribution in [2.75, 3.05) is 18.4 Å². The number of halogens is 1. The Morgan fingerprint density at radius 3 is 2.67 bits per heavy atom. The summed E-state index contributed by atoms with van der Waals surface area (Å²) in [5.41, 5.74) is 3.39. The molecule has 1 N–H and O–H groups in total. The molecule has 0 aliphatic carbocycles. The number of benzene rings is 2. The number of fused-ring (bicyclic) bond motifs is 1. The van der Waals surface area contributed by atoms with Gasteiger partial charge in [0.2, 0.25) is 0 Å². The van der Waals surface area contributed by atoms with Gasteiger partial charge in [-0.05, 0) is 62.4 Å². The Labute approximate surface area is 180 Å². The zero-order valence-electron chi connectivity index (χ0n) is 16.7. The average molecular weight is 421 g/mol. The number of nitrogens with zero attached hydrogens (tertiary/aromatic N) is 1. The molecule has 0 bridgehead atoms. The number of amides is 2. The van der Waals surface area contributed by atoms with E-state index in [1.54, 1.807) is 41.3 Å². The number of nitrogens with one attached hydrogen (secondary N) is 1. The summed E-state index contributed by atoms with van der Waals surface area (Å²) >= 11 is 6.09. The van der Waals surface area contributed by atoms with E-state index in [2.05, 4.69) is 5.32 Å². The van der Waals surface area contributed by atoms with Crippen molar-refractivity contribution < 1.29 is 14.0 Å². The Morgan fingerprint density at radius 1 is 1.10 bits per heavy atom. The largest absolute Gasteiger partial charge is 0.457 e. The monoisotopic (exact) mass is 420 g/mol. The van der Waals surface area contributed by atoms with Gasteiger partial charge in [0.15, 0.2) is 0 Å². The van der Waals surface area contributed by atoms with Gasteiger partial charge in [-0.3, -0.25) is 9.59 Å². The van der Waals surface area contributed by atoms with Crippen molar-refractivity contribution in [1.82, 2.24) is 4.90 Å². The Kier molecular flexibility index (Phi) is 5.46. The van der Waals surface area contributed by atoms with Crippen LogP contribution in [0.15, 0.2) is 59.0 Å². The zero-order valence-corrected chi connectivity index (χ0v) is 17.5. The summed E-state index contributed by atoms with van der Waals surface area (Å²) in [7, 11) is 0. The maximum absolute atomic E-state index is 12.6. The number of hydrogen-bond acceptors (Lipinski definition) is 3. The van der Waals surface area contributed by atoms with E-state index in [4.69, 9.17) is 16.0 Å². The Bertz CT molecular complexity index is 1160. The fourth-order valence-corrected chi connectivity index (χ4v) is 3.70. The molecule has 0 atom stereocenters. The predicted molar refractivity (Wildman–Crippen MR) is 119 cm³/mol. The van der Waals surface area contributed by atoms with Gasteiger partial charge in [0.05, 0.1) is 5.57 Å². The minimum atomic E-state index is -0.197. The summed E-state index contributed by atoms with van der Waals surface area (Å²) in [5.74, 6) is 0.966. The summed E-state index contributed by atoms with van der Waals surface area (Å²) in [6, 6.07) is 16.3. The minimum absolute atomic E-state index is 0.00754. The van der Waals surface area contributed by atoms with E-state index in [1.807, 2.05) is 38.1 Å². The summed E-state index contributed by atoms with van der Waals surface area (Å²) in [6.45, 7) is 5.24. The highest BCUT2D eigenvalue weighted by Crippen LogP contribution is 2.35. The molecule has 0 radical (unpaired) electrons. The quantitative estimate of drug-likeness (QED) is 0.548. The molecule has 152 valence electrons. The minimum Gasteiger partial charge on any atom is -0.457 e. The van der Waals surface area contributed by atoms with E-state index in [0.717, 1.165) is 16.8 Å². The summed E-state index contributed by atoms with van der Waals surface area (Å²) in [5, 5.41) is 3.39. The molecule has 2 aromatic carbocycles. The molecular formula is C24H21ClN2O3. The lowest BCUT2D eigenvalue weighted by atomic mass is 10.1. The second kappa shape index (κ2) is 8.20. The van der Waals surface area contributed by atoms with Crippen LogP contribution in [0.3, 0.4) is 0 Å². The molecule has 1 aliphatic rings. The van der Waals surface area contributed by atoms with Crippen molar-refractivity contribution >= 4 is 40.8 Å². The Balaban J connectivity index is 1.64. The van der Waals surface area contributed by atoms with E-state index in [9.17, 15) is 9.59 Å². The van der Waals surface area contributed by atoms with Crippen molar-refractivity contribution in [1.29, 1.82) is 0 Å². The van der Waals surface area contributed by atoms with Crippen LogP contribution in [0.1, 0.15) is 35.5 Å². The first-order valence-corrected chi connectivity index (χ1v) is 10.2. The molecule has 0 spiro atoms. The van der Waals surface area contributed by atoms with Crippen LogP contribution in [0.4, 0.5) is 5.69 Å².